The molecule has 0 amide bonds. The molecule has 0 bridgehead atoms. The Morgan fingerprint density at radius 2 is 1.85 bits per heavy atom. The van der Waals surface area contributed by atoms with Gasteiger partial charge in [-0.1, -0.05) is 12.2 Å². The smallest absolute Gasteiger partial charge is 0.321 e. The number of carbonyl (C=O) groups is 1. The number of aliphatic hydroxyl groups is 1. The maximum atomic E-state index is 12.9. The molecule has 0 radical (unpaired) electrons. The van der Waals surface area contributed by atoms with Gasteiger partial charge in [-0.15, -0.1) is 0 Å². The van der Waals surface area contributed by atoms with E-state index in [0.717, 1.165) is 4.31 Å². The molecule has 1 aromatic carbocycles. The van der Waals surface area contributed by atoms with Crippen molar-refractivity contribution in [2.75, 3.05) is 20.2 Å². The molecule has 0 heterocycles. The van der Waals surface area contributed by atoms with Crippen LogP contribution in [0.5, 0.6) is 5.75 Å². The molecule has 1 unspecified atom stereocenters. The Hall–Kier alpha value is -1.90. The largest absolute Gasteiger partial charge is 0.497 e. The van der Waals surface area contributed by atoms with Gasteiger partial charge >= 0.3 is 5.97 Å². The fourth-order valence-corrected chi connectivity index (χ4v) is 3.56. The number of aliphatic hydroxyl groups excluding tert-OH is 1. The molecule has 0 fully saturated rings. The van der Waals surface area contributed by atoms with Crippen molar-refractivity contribution >= 4 is 16.0 Å². The van der Waals surface area contributed by atoms with Gasteiger partial charge in [0.2, 0.25) is 10.0 Å². The van der Waals surface area contributed by atoms with Crippen LogP contribution in [0.2, 0.25) is 0 Å². The minimum absolute atomic E-state index is 0.00506. The molecule has 1 atom stereocenters. The van der Waals surface area contributed by atoms with Crippen molar-refractivity contribution in [3.05, 3.63) is 36.4 Å². The van der Waals surface area contributed by atoms with Crippen LogP contribution in [0.25, 0.3) is 0 Å². The number of methoxy groups -OCH3 is 1. The number of hydrogen-bond donors (Lipinski definition) is 1. The van der Waals surface area contributed by atoms with Crippen molar-refractivity contribution in [1.82, 2.24) is 4.31 Å². The van der Waals surface area contributed by atoms with Gasteiger partial charge < -0.3 is 14.6 Å². The topological polar surface area (TPSA) is 93.1 Å². The first-order valence-electron chi connectivity index (χ1n) is 8.16. The summed E-state index contributed by atoms with van der Waals surface area (Å²) in [6.45, 7) is 6.03. The number of nitrogens with zero attached hydrogens (tertiary/aromatic N) is 1. The molecule has 1 N–H and O–H groups in total. The van der Waals surface area contributed by atoms with Crippen molar-refractivity contribution < 1.29 is 27.8 Å². The van der Waals surface area contributed by atoms with Crippen LogP contribution in [0.1, 0.15) is 27.7 Å². The summed E-state index contributed by atoms with van der Waals surface area (Å²) < 4.78 is 37.0. The monoisotopic (exact) mass is 385 g/mol. The van der Waals surface area contributed by atoms with E-state index in [9.17, 15) is 18.3 Å². The van der Waals surface area contributed by atoms with Gasteiger partial charge in [0.15, 0.2) is 0 Å². The molecule has 0 aromatic heterocycles. The molecule has 0 aliphatic rings. The Bertz CT molecular complexity index is 719. The zero-order valence-corrected chi connectivity index (χ0v) is 16.6. The fraction of sp³-hybridized carbons (Fsp3) is 0.500. The van der Waals surface area contributed by atoms with E-state index in [4.69, 9.17) is 9.47 Å². The van der Waals surface area contributed by atoms with Crippen molar-refractivity contribution in [3.63, 3.8) is 0 Å². The van der Waals surface area contributed by atoms with E-state index in [1.54, 1.807) is 33.8 Å². The van der Waals surface area contributed by atoms with E-state index in [-0.39, 0.29) is 11.4 Å². The van der Waals surface area contributed by atoms with E-state index in [1.165, 1.54) is 37.5 Å². The van der Waals surface area contributed by atoms with Gasteiger partial charge in [0, 0.05) is 6.54 Å². The molecule has 26 heavy (non-hydrogen) atoms. The number of ether oxygens (including phenoxy) is 2. The SMILES string of the molecule is CC=CC(O)CN(CC(=O)OC(C)(C)C)S(=O)(=O)c1ccc(OC)cc1. The summed E-state index contributed by atoms with van der Waals surface area (Å²) in [4.78, 5) is 12.1. The minimum Gasteiger partial charge on any atom is -0.497 e. The van der Waals surface area contributed by atoms with Crippen LogP contribution >= 0.6 is 0 Å². The maximum Gasteiger partial charge on any atom is 0.321 e. The molecule has 0 spiro atoms. The number of sulfonamides is 1. The van der Waals surface area contributed by atoms with Crippen LogP contribution in [-0.2, 0) is 19.6 Å². The zero-order valence-electron chi connectivity index (χ0n) is 15.8. The summed E-state index contributed by atoms with van der Waals surface area (Å²) in [6.07, 6.45) is 2.01. The number of benzene rings is 1. The first kappa shape index (κ1) is 22.1. The van der Waals surface area contributed by atoms with Gasteiger partial charge in [-0.05, 0) is 52.0 Å². The normalized spacial score (nSPS) is 13.8. The van der Waals surface area contributed by atoms with Crippen LogP contribution in [0, 0.1) is 0 Å². The Balaban J connectivity index is 3.13. The molecular weight excluding hydrogens is 358 g/mol. The molecule has 1 rings (SSSR count). The summed E-state index contributed by atoms with van der Waals surface area (Å²) in [5, 5.41) is 9.99. The maximum absolute atomic E-state index is 12.9. The summed E-state index contributed by atoms with van der Waals surface area (Å²) in [5.41, 5.74) is -0.742. The first-order chi connectivity index (χ1) is 12.0. The van der Waals surface area contributed by atoms with Crippen LogP contribution in [0.3, 0.4) is 0 Å². The predicted octanol–water partition coefficient (Wildman–Crippen LogP) is 1.96. The molecule has 0 saturated heterocycles. The Morgan fingerprint density at radius 3 is 2.31 bits per heavy atom. The van der Waals surface area contributed by atoms with Gasteiger partial charge in [0.25, 0.3) is 0 Å². The van der Waals surface area contributed by atoms with E-state index >= 15 is 0 Å². The minimum atomic E-state index is -4.01. The molecule has 0 aliphatic heterocycles. The molecule has 7 nitrogen and oxygen atoms in total. The van der Waals surface area contributed by atoms with Crippen LogP contribution in [0.15, 0.2) is 41.3 Å². The third-order valence-corrected chi connectivity index (χ3v) is 5.05. The summed E-state index contributed by atoms with van der Waals surface area (Å²) in [7, 11) is -2.53. The number of allylic oxidation sites excluding steroid dienone is 1. The molecular formula is C18H27NO6S. The predicted molar refractivity (Wildman–Crippen MR) is 98.4 cm³/mol. The van der Waals surface area contributed by atoms with Crippen molar-refractivity contribution in [1.29, 1.82) is 0 Å². The van der Waals surface area contributed by atoms with E-state index < -0.39 is 34.2 Å². The van der Waals surface area contributed by atoms with Crippen LogP contribution in [-0.4, -0.2) is 55.7 Å². The van der Waals surface area contributed by atoms with Gasteiger partial charge in [-0.2, -0.15) is 4.31 Å². The molecule has 8 heteroatoms. The summed E-state index contributed by atoms with van der Waals surface area (Å²) in [6, 6.07) is 5.80. The van der Waals surface area contributed by atoms with Crippen molar-refractivity contribution in [2.24, 2.45) is 0 Å². The highest BCUT2D eigenvalue weighted by Crippen LogP contribution is 2.20. The molecule has 0 saturated carbocycles. The highest BCUT2D eigenvalue weighted by Gasteiger charge is 2.30. The number of carbonyl (C=O) groups excluding carboxylic acids is 1. The third-order valence-electron chi connectivity index (χ3n) is 3.23. The van der Waals surface area contributed by atoms with Crippen molar-refractivity contribution in [2.45, 2.75) is 44.3 Å². The van der Waals surface area contributed by atoms with Gasteiger partial charge in [0.1, 0.15) is 17.9 Å². The van der Waals surface area contributed by atoms with E-state index in [0.29, 0.717) is 5.75 Å². The lowest BCUT2D eigenvalue weighted by Crippen LogP contribution is -2.42. The number of hydrogen-bond acceptors (Lipinski definition) is 6. The Kier molecular flexibility index (Phi) is 7.80. The lowest BCUT2D eigenvalue weighted by Gasteiger charge is -2.25. The average Bonchev–Trinajstić information content (AvgIpc) is 2.52. The van der Waals surface area contributed by atoms with Gasteiger partial charge in [-0.25, -0.2) is 8.42 Å². The molecule has 1 aromatic rings. The molecule has 146 valence electrons. The Labute approximate surface area is 155 Å². The third kappa shape index (κ3) is 6.78. The van der Waals surface area contributed by atoms with E-state index in [1.807, 2.05) is 0 Å². The second-order valence-electron chi connectivity index (χ2n) is 6.65. The second-order valence-corrected chi connectivity index (χ2v) is 8.59. The van der Waals surface area contributed by atoms with Gasteiger partial charge in [0.05, 0.1) is 18.1 Å². The van der Waals surface area contributed by atoms with Crippen LogP contribution in [0.4, 0.5) is 0 Å². The first-order valence-corrected chi connectivity index (χ1v) is 9.60. The zero-order chi connectivity index (χ0) is 20.0. The van der Waals surface area contributed by atoms with Gasteiger partial charge in [-0.3, -0.25) is 4.79 Å². The lowest BCUT2D eigenvalue weighted by atomic mass is 10.2. The highest BCUT2D eigenvalue weighted by atomic mass is 32.2. The van der Waals surface area contributed by atoms with Crippen molar-refractivity contribution in [3.8, 4) is 5.75 Å². The Morgan fingerprint density at radius 1 is 1.27 bits per heavy atom. The lowest BCUT2D eigenvalue weighted by molar-refractivity contribution is -0.155. The second kappa shape index (κ2) is 9.16. The van der Waals surface area contributed by atoms with Crippen LogP contribution < -0.4 is 4.74 Å². The fourth-order valence-electron chi connectivity index (χ4n) is 2.15. The highest BCUT2D eigenvalue weighted by molar-refractivity contribution is 7.89. The number of esters is 1. The van der Waals surface area contributed by atoms with E-state index in [2.05, 4.69) is 0 Å². The summed E-state index contributed by atoms with van der Waals surface area (Å²) in [5.74, 6) is -0.182. The number of rotatable bonds is 8. The standard InChI is InChI=1S/C18H27NO6S/c1-6-7-14(20)12-19(13-17(21)25-18(2,3)4)26(22,23)16-10-8-15(24-5)9-11-16/h6-11,14,20H,12-13H2,1-5H3. The average molecular weight is 385 g/mol. The quantitative estimate of drug-likeness (QED) is 0.543. The summed E-state index contributed by atoms with van der Waals surface area (Å²) >= 11 is 0. The molecule has 0 aliphatic carbocycles.